The van der Waals surface area contributed by atoms with Crippen LogP contribution in [0.3, 0.4) is 0 Å². The maximum atomic E-state index is 5.99. The van der Waals surface area contributed by atoms with Gasteiger partial charge >= 0.3 is 0 Å². The number of nitrogens with two attached hydrogens (primary N) is 1. The Morgan fingerprint density at radius 2 is 1.56 bits per heavy atom. The van der Waals surface area contributed by atoms with Gasteiger partial charge in [0.15, 0.2) is 0 Å². The van der Waals surface area contributed by atoms with Gasteiger partial charge in [-0.15, -0.1) is 0 Å². The van der Waals surface area contributed by atoms with E-state index in [4.69, 9.17) is 10.2 Å². The van der Waals surface area contributed by atoms with Crippen LogP contribution in [0.2, 0.25) is 19.6 Å². The van der Waals surface area contributed by atoms with Gasteiger partial charge in [-0.3, -0.25) is 0 Å². The van der Waals surface area contributed by atoms with Crippen LogP contribution < -0.4 is 10.2 Å². The summed E-state index contributed by atoms with van der Waals surface area (Å²) < 4.78 is 5.95. The lowest BCUT2D eigenvalue weighted by Crippen LogP contribution is -2.29. The van der Waals surface area contributed by atoms with Crippen molar-refractivity contribution in [1.82, 2.24) is 0 Å². The van der Waals surface area contributed by atoms with Crippen LogP contribution in [0.4, 0.5) is 5.69 Å². The summed E-state index contributed by atoms with van der Waals surface area (Å²) in [7, 11) is -1.60. The topological polar surface area (TPSA) is 35.2 Å². The molecule has 0 amide bonds. The fourth-order valence-corrected chi connectivity index (χ4v) is 2.49. The predicted octanol–water partition coefficient (Wildman–Crippen LogP) is 3.64. The van der Waals surface area contributed by atoms with Crippen LogP contribution in [0.5, 0.6) is 5.75 Å². The second kappa shape index (κ2) is 3.83. The van der Waals surface area contributed by atoms with Crippen LogP contribution in [-0.4, -0.2) is 8.32 Å². The summed E-state index contributed by atoms with van der Waals surface area (Å²) in [6.07, 6.45) is 0. The van der Waals surface area contributed by atoms with Crippen LogP contribution in [0.1, 0.15) is 0 Å². The largest absolute Gasteiger partial charge is 0.543 e. The van der Waals surface area contributed by atoms with Crippen LogP contribution in [-0.2, 0) is 0 Å². The first-order valence-corrected chi connectivity index (χ1v) is 8.84. The Morgan fingerprint density at radius 1 is 1.00 bits per heavy atom. The molecule has 16 heavy (non-hydrogen) atoms. The summed E-state index contributed by atoms with van der Waals surface area (Å²) in [6, 6.07) is 12.2. The summed E-state index contributed by atoms with van der Waals surface area (Å²) >= 11 is 0. The molecule has 0 heterocycles. The third kappa shape index (κ3) is 2.36. The first kappa shape index (κ1) is 11.0. The van der Waals surface area contributed by atoms with Crippen molar-refractivity contribution in [3.05, 3.63) is 36.4 Å². The summed E-state index contributed by atoms with van der Waals surface area (Å²) in [5.41, 5.74) is 6.71. The average molecular weight is 231 g/mol. The van der Waals surface area contributed by atoms with Gasteiger partial charge in [0.1, 0.15) is 5.75 Å². The Balaban J connectivity index is 2.50. The molecule has 2 N–H and O–H groups in total. The summed E-state index contributed by atoms with van der Waals surface area (Å²) in [6.45, 7) is 6.46. The lowest BCUT2D eigenvalue weighted by atomic mass is 10.1. The molecule has 0 fully saturated rings. The van der Waals surface area contributed by atoms with E-state index in [2.05, 4.69) is 31.8 Å². The molecule has 3 heteroatoms. The van der Waals surface area contributed by atoms with Gasteiger partial charge in [0, 0.05) is 0 Å². The molecule has 84 valence electrons. The molecule has 0 spiro atoms. The number of fused-ring (bicyclic) bond motifs is 1. The van der Waals surface area contributed by atoms with Gasteiger partial charge in [-0.1, -0.05) is 24.3 Å². The zero-order valence-corrected chi connectivity index (χ0v) is 10.9. The van der Waals surface area contributed by atoms with E-state index in [1.54, 1.807) is 0 Å². The van der Waals surface area contributed by atoms with Gasteiger partial charge in [0.25, 0.3) is 0 Å². The van der Waals surface area contributed by atoms with Gasteiger partial charge in [-0.2, -0.15) is 0 Å². The van der Waals surface area contributed by atoms with E-state index in [9.17, 15) is 0 Å². The molecule has 0 atom stereocenters. The summed E-state index contributed by atoms with van der Waals surface area (Å²) in [4.78, 5) is 0. The Labute approximate surface area is 97.2 Å². The molecule has 0 aliphatic rings. The van der Waals surface area contributed by atoms with Gasteiger partial charge in [-0.25, -0.2) is 0 Å². The zero-order chi connectivity index (χ0) is 11.8. The number of anilines is 1. The van der Waals surface area contributed by atoms with Crippen LogP contribution in [0.25, 0.3) is 10.8 Å². The van der Waals surface area contributed by atoms with Crippen LogP contribution >= 0.6 is 0 Å². The first-order valence-electron chi connectivity index (χ1n) is 5.43. The third-order valence-corrected chi connectivity index (χ3v) is 3.13. The average Bonchev–Trinajstić information content (AvgIpc) is 2.17. The third-order valence-electron chi connectivity index (χ3n) is 2.29. The number of hydrogen-bond acceptors (Lipinski definition) is 2. The summed E-state index contributed by atoms with van der Waals surface area (Å²) in [5.74, 6) is 0.817. The van der Waals surface area contributed by atoms with E-state index in [1.165, 1.54) is 5.39 Å². The van der Waals surface area contributed by atoms with E-state index in [0.29, 0.717) is 0 Å². The molecular formula is C13H17NOSi. The van der Waals surface area contributed by atoms with E-state index in [-0.39, 0.29) is 0 Å². The highest BCUT2D eigenvalue weighted by Gasteiger charge is 2.17. The molecule has 0 saturated heterocycles. The SMILES string of the molecule is C[Si](C)(C)Oc1cc2ccccc2cc1N. The van der Waals surface area contributed by atoms with Crippen LogP contribution in [0, 0.1) is 0 Å². The van der Waals surface area contributed by atoms with Crippen molar-refractivity contribution in [3.8, 4) is 5.75 Å². The summed E-state index contributed by atoms with van der Waals surface area (Å²) in [5, 5.41) is 2.33. The monoisotopic (exact) mass is 231 g/mol. The Kier molecular flexibility index (Phi) is 2.64. The first-order chi connectivity index (χ1) is 7.46. The Morgan fingerprint density at radius 3 is 2.12 bits per heavy atom. The standard InChI is InChI=1S/C13H17NOSi/c1-16(2,3)15-13-9-11-7-5-4-6-10(11)8-12(13)14/h4-9H,14H2,1-3H3. The van der Waals surface area contributed by atoms with Crippen molar-refractivity contribution in [2.24, 2.45) is 0 Å². The lowest BCUT2D eigenvalue weighted by Gasteiger charge is -2.21. The molecule has 0 unspecified atom stereocenters. The molecule has 2 rings (SSSR count). The number of hydrogen-bond donors (Lipinski definition) is 1. The molecular weight excluding hydrogens is 214 g/mol. The maximum Gasteiger partial charge on any atom is 0.242 e. The quantitative estimate of drug-likeness (QED) is 0.632. The van der Waals surface area contributed by atoms with E-state index in [0.717, 1.165) is 16.8 Å². The molecule has 2 aromatic rings. The van der Waals surface area contributed by atoms with Gasteiger partial charge in [0.2, 0.25) is 8.32 Å². The molecule has 0 bridgehead atoms. The van der Waals surface area contributed by atoms with Gasteiger partial charge < -0.3 is 10.2 Å². The molecule has 0 aromatic heterocycles. The van der Waals surface area contributed by atoms with Crippen LogP contribution in [0.15, 0.2) is 36.4 Å². The van der Waals surface area contributed by atoms with Crippen molar-refractivity contribution in [2.75, 3.05) is 5.73 Å². The molecule has 0 saturated carbocycles. The smallest absolute Gasteiger partial charge is 0.242 e. The van der Waals surface area contributed by atoms with E-state index < -0.39 is 8.32 Å². The Bertz CT molecular complexity index is 517. The van der Waals surface area contributed by atoms with Crippen molar-refractivity contribution in [2.45, 2.75) is 19.6 Å². The minimum atomic E-state index is -1.60. The maximum absolute atomic E-state index is 5.99. The normalized spacial score (nSPS) is 11.7. The second-order valence-electron chi connectivity index (χ2n) is 4.95. The van der Waals surface area contributed by atoms with Crippen molar-refractivity contribution in [1.29, 1.82) is 0 Å². The Hall–Kier alpha value is -1.48. The highest BCUT2D eigenvalue weighted by Crippen LogP contribution is 2.29. The predicted molar refractivity (Wildman–Crippen MR) is 72.3 cm³/mol. The molecule has 0 radical (unpaired) electrons. The number of nitrogen functional groups attached to an aromatic ring is 1. The number of benzene rings is 2. The fraction of sp³-hybridized carbons (Fsp3) is 0.231. The highest BCUT2D eigenvalue weighted by atomic mass is 28.4. The van der Waals surface area contributed by atoms with E-state index >= 15 is 0 Å². The highest BCUT2D eigenvalue weighted by molar-refractivity contribution is 6.70. The van der Waals surface area contributed by atoms with Gasteiger partial charge in [-0.05, 0) is 42.5 Å². The van der Waals surface area contributed by atoms with E-state index in [1.807, 2.05) is 24.3 Å². The molecule has 0 aliphatic carbocycles. The number of rotatable bonds is 2. The lowest BCUT2D eigenvalue weighted by molar-refractivity contribution is 0.561. The zero-order valence-electron chi connectivity index (χ0n) is 9.95. The molecule has 2 aromatic carbocycles. The van der Waals surface area contributed by atoms with Crippen molar-refractivity contribution < 1.29 is 4.43 Å². The minimum Gasteiger partial charge on any atom is -0.543 e. The minimum absolute atomic E-state index is 0.723. The van der Waals surface area contributed by atoms with Gasteiger partial charge in [0.05, 0.1) is 5.69 Å². The van der Waals surface area contributed by atoms with Crippen molar-refractivity contribution in [3.63, 3.8) is 0 Å². The molecule has 0 aliphatic heterocycles. The fourth-order valence-electron chi connectivity index (χ4n) is 1.66. The second-order valence-corrected chi connectivity index (χ2v) is 9.38. The van der Waals surface area contributed by atoms with Crippen molar-refractivity contribution >= 4 is 24.8 Å². The molecule has 2 nitrogen and oxygen atoms in total.